The van der Waals surface area contributed by atoms with Crippen molar-refractivity contribution >= 4 is 0 Å². The fourth-order valence-electron chi connectivity index (χ4n) is 3.46. The lowest BCUT2D eigenvalue weighted by atomic mass is 9.74. The highest BCUT2D eigenvalue weighted by Crippen LogP contribution is 2.51. The van der Waals surface area contributed by atoms with Crippen molar-refractivity contribution in [3.8, 4) is 11.1 Å². The van der Waals surface area contributed by atoms with Crippen LogP contribution in [0.2, 0.25) is 0 Å². The van der Waals surface area contributed by atoms with E-state index in [-0.39, 0.29) is 5.41 Å². The Labute approximate surface area is 119 Å². The molecule has 3 aromatic rings. The monoisotopic (exact) mass is 255 g/mol. The first-order valence-electron chi connectivity index (χ1n) is 6.98. The molecule has 0 fully saturated rings. The summed E-state index contributed by atoms with van der Waals surface area (Å²) in [6, 6.07) is 29.1. The van der Waals surface area contributed by atoms with Gasteiger partial charge in [0.25, 0.3) is 0 Å². The van der Waals surface area contributed by atoms with Gasteiger partial charge >= 0.3 is 0 Å². The zero-order valence-electron chi connectivity index (χ0n) is 11.4. The third kappa shape index (κ3) is 1.36. The van der Waals surface area contributed by atoms with E-state index in [1.165, 1.54) is 27.8 Å². The van der Waals surface area contributed by atoms with Gasteiger partial charge in [-0.1, -0.05) is 66.7 Å². The molecule has 4 rings (SSSR count). The highest BCUT2D eigenvalue weighted by atomic mass is 14.4. The molecule has 3 aromatic carbocycles. The molecule has 20 heavy (non-hydrogen) atoms. The highest BCUT2D eigenvalue weighted by Gasteiger charge is 2.39. The third-order valence-electron chi connectivity index (χ3n) is 4.51. The predicted octanol–water partition coefficient (Wildman–Crippen LogP) is 4.82. The average Bonchev–Trinajstić information content (AvgIpc) is 2.80. The van der Waals surface area contributed by atoms with Gasteiger partial charge in [0.05, 0.1) is 0 Å². The van der Waals surface area contributed by atoms with Gasteiger partial charge in [0, 0.05) is 5.41 Å². The molecule has 0 aromatic heterocycles. The molecule has 1 aliphatic rings. The summed E-state index contributed by atoms with van der Waals surface area (Å²) in [6.45, 7) is 2.32. The Balaban J connectivity index is 2.10. The third-order valence-corrected chi connectivity index (χ3v) is 4.51. The number of fused-ring (bicyclic) bond motifs is 3. The Morgan fingerprint density at radius 2 is 1.45 bits per heavy atom. The average molecular weight is 255 g/mol. The molecular weight excluding hydrogens is 240 g/mol. The Morgan fingerprint density at radius 1 is 0.750 bits per heavy atom. The summed E-state index contributed by atoms with van der Waals surface area (Å²) in [6.07, 6.45) is 0. The number of hydrogen-bond acceptors (Lipinski definition) is 0. The lowest BCUT2D eigenvalue weighted by Crippen LogP contribution is -2.22. The summed E-state index contributed by atoms with van der Waals surface area (Å²) in [5.41, 5.74) is 6.69. The van der Waals surface area contributed by atoms with E-state index in [2.05, 4.69) is 79.7 Å². The van der Waals surface area contributed by atoms with Crippen LogP contribution in [-0.4, -0.2) is 0 Å². The van der Waals surface area contributed by atoms with Crippen LogP contribution < -0.4 is 0 Å². The Kier molecular flexibility index (Phi) is 2.34. The zero-order valence-corrected chi connectivity index (χ0v) is 11.4. The van der Waals surface area contributed by atoms with Crippen molar-refractivity contribution in [1.29, 1.82) is 0 Å². The fourth-order valence-corrected chi connectivity index (χ4v) is 3.46. The van der Waals surface area contributed by atoms with Crippen molar-refractivity contribution in [2.24, 2.45) is 0 Å². The minimum Gasteiger partial charge on any atom is -0.0622 e. The smallest absolute Gasteiger partial charge is 0.0435 e. The Hall–Kier alpha value is -2.34. The first-order valence-corrected chi connectivity index (χ1v) is 6.98. The van der Waals surface area contributed by atoms with Gasteiger partial charge in [-0.05, 0) is 46.9 Å². The normalized spacial score (nSPS) is 14.7. The fraction of sp³-hybridized carbons (Fsp3) is 0.100. The molecule has 0 N–H and O–H groups in total. The molecule has 0 amide bonds. The summed E-state index contributed by atoms with van der Waals surface area (Å²) < 4.78 is 0. The maximum absolute atomic E-state index is 3.25. The van der Waals surface area contributed by atoms with Gasteiger partial charge in [-0.15, -0.1) is 0 Å². The molecule has 95 valence electrons. The molecule has 0 saturated heterocycles. The van der Waals surface area contributed by atoms with E-state index in [9.17, 15) is 0 Å². The first-order chi connectivity index (χ1) is 9.82. The second kappa shape index (κ2) is 4.08. The number of rotatable bonds is 1. The van der Waals surface area contributed by atoms with Crippen LogP contribution in [0.3, 0.4) is 0 Å². The van der Waals surface area contributed by atoms with E-state index >= 15 is 0 Å². The van der Waals surface area contributed by atoms with E-state index in [0.29, 0.717) is 0 Å². The largest absolute Gasteiger partial charge is 0.0622 e. The number of benzene rings is 3. The van der Waals surface area contributed by atoms with E-state index < -0.39 is 0 Å². The van der Waals surface area contributed by atoms with Gasteiger partial charge in [0.15, 0.2) is 0 Å². The van der Waals surface area contributed by atoms with Crippen molar-refractivity contribution in [3.63, 3.8) is 0 Å². The van der Waals surface area contributed by atoms with Crippen LogP contribution in [0.4, 0.5) is 0 Å². The summed E-state index contributed by atoms with van der Waals surface area (Å²) >= 11 is 0. The Bertz CT molecular complexity index is 723. The minimum absolute atomic E-state index is 0.0784. The molecule has 1 unspecified atom stereocenters. The molecule has 0 heteroatoms. The quantitative estimate of drug-likeness (QED) is 0.584. The summed E-state index contributed by atoms with van der Waals surface area (Å²) in [4.78, 5) is 0. The minimum atomic E-state index is -0.0784. The van der Waals surface area contributed by atoms with Gasteiger partial charge < -0.3 is 0 Å². The molecule has 1 aliphatic carbocycles. The topological polar surface area (TPSA) is 0 Å². The van der Waals surface area contributed by atoms with Gasteiger partial charge in [0.2, 0.25) is 0 Å². The van der Waals surface area contributed by atoms with Gasteiger partial charge in [-0.2, -0.15) is 0 Å². The highest BCUT2D eigenvalue weighted by molar-refractivity contribution is 5.82. The molecule has 0 nitrogen and oxygen atoms in total. The van der Waals surface area contributed by atoms with Crippen LogP contribution in [0.5, 0.6) is 0 Å². The lowest BCUT2D eigenvalue weighted by molar-refractivity contribution is 0.714. The zero-order chi connectivity index (χ0) is 13.6. The van der Waals surface area contributed by atoms with Gasteiger partial charge in [-0.3, -0.25) is 0 Å². The molecule has 0 spiro atoms. The standard InChI is InChI=1S/C20H15/c1-20(15-9-3-2-4-10-15)18-13-7-5-11-16(18)17-12-6-8-14-19(17)20/h2-7,9-14H,1H3. The molecule has 0 heterocycles. The molecule has 1 radical (unpaired) electrons. The Morgan fingerprint density at radius 3 is 2.30 bits per heavy atom. The maximum atomic E-state index is 3.25. The van der Waals surface area contributed by atoms with Crippen molar-refractivity contribution < 1.29 is 0 Å². The van der Waals surface area contributed by atoms with Crippen molar-refractivity contribution in [2.75, 3.05) is 0 Å². The second-order valence-electron chi connectivity index (χ2n) is 5.51. The van der Waals surface area contributed by atoms with Crippen LogP contribution in [0.25, 0.3) is 11.1 Å². The second-order valence-corrected chi connectivity index (χ2v) is 5.51. The molecule has 0 saturated carbocycles. The van der Waals surface area contributed by atoms with Crippen molar-refractivity contribution in [3.05, 3.63) is 95.6 Å². The summed E-state index contributed by atoms with van der Waals surface area (Å²) in [5, 5.41) is 0. The van der Waals surface area contributed by atoms with Crippen molar-refractivity contribution in [2.45, 2.75) is 12.3 Å². The SMILES string of the molecule is CC1(c2ccccc2)c2c[c]ccc2-c2ccccc21. The van der Waals surface area contributed by atoms with Gasteiger partial charge in [0.1, 0.15) is 0 Å². The molecule has 0 bridgehead atoms. The van der Waals surface area contributed by atoms with Crippen LogP contribution in [0.1, 0.15) is 23.6 Å². The predicted molar refractivity (Wildman–Crippen MR) is 82.7 cm³/mol. The molecule has 1 atom stereocenters. The lowest BCUT2D eigenvalue weighted by Gasteiger charge is -2.28. The van der Waals surface area contributed by atoms with Crippen LogP contribution >= 0.6 is 0 Å². The summed E-state index contributed by atoms with van der Waals surface area (Å²) in [5.74, 6) is 0. The van der Waals surface area contributed by atoms with Crippen LogP contribution in [0.15, 0.2) is 72.8 Å². The maximum Gasteiger partial charge on any atom is 0.0435 e. The van der Waals surface area contributed by atoms with E-state index in [1.807, 2.05) is 6.07 Å². The number of hydrogen-bond donors (Lipinski definition) is 0. The molecule has 0 aliphatic heterocycles. The van der Waals surface area contributed by atoms with Crippen LogP contribution in [0, 0.1) is 6.07 Å². The van der Waals surface area contributed by atoms with Crippen molar-refractivity contribution in [1.82, 2.24) is 0 Å². The van der Waals surface area contributed by atoms with E-state index in [1.54, 1.807) is 0 Å². The summed E-state index contributed by atoms with van der Waals surface area (Å²) in [7, 11) is 0. The van der Waals surface area contributed by atoms with Crippen LogP contribution in [-0.2, 0) is 5.41 Å². The first kappa shape index (κ1) is 11.5. The molecular formula is C20H15. The van der Waals surface area contributed by atoms with Gasteiger partial charge in [-0.25, -0.2) is 0 Å². The van der Waals surface area contributed by atoms with E-state index in [4.69, 9.17) is 0 Å². The van der Waals surface area contributed by atoms with E-state index in [0.717, 1.165) is 0 Å².